The molecule has 3 rings (SSSR count). The third-order valence-electron chi connectivity index (χ3n) is 3.70. The van der Waals surface area contributed by atoms with Crippen LogP contribution >= 0.6 is 24.0 Å². The molecule has 124 valence electrons. The van der Waals surface area contributed by atoms with Crippen LogP contribution in [0.3, 0.4) is 0 Å². The number of hydrogen-bond acceptors (Lipinski definition) is 2. The van der Waals surface area contributed by atoms with Crippen LogP contribution < -0.4 is 10.6 Å². The Hall–Kier alpha value is -1.57. The van der Waals surface area contributed by atoms with Gasteiger partial charge < -0.3 is 15.6 Å². The number of nitrogens with zero attached hydrogens (tertiary/aromatic N) is 2. The number of nitrogens with one attached hydrogen (secondary N) is 3. The highest BCUT2D eigenvalue weighted by molar-refractivity contribution is 14.0. The van der Waals surface area contributed by atoms with Crippen LogP contribution in [-0.4, -0.2) is 29.0 Å². The summed E-state index contributed by atoms with van der Waals surface area (Å²) in [7, 11) is 0. The van der Waals surface area contributed by atoms with Crippen molar-refractivity contribution in [2.24, 2.45) is 10.9 Å². The van der Waals surface area contributed by atoms with Crippen molar-refractivity contribution in [1.29, 1.82) is 0 Å². The van der Waals surface area contributed by atoms with Crippen LogP contribution in [0.15, 0.2) is 41.5 Å². The lowest BCUT2D eigenvalue weighted by atomic mass is 10.2. The van der Waals surface area contributed by atoms with Crippen LogP contribution in [0, 0.1) is 5.92 Å². The van der Waals surface area contributed by atoms with Crippen LogP contribution in [0.1, 0.15) is 25.6 Å². The van der Waals surface area contributed by atoms with E-state index in [1.807, 2.05) is 24.4 Å². The van der Waals surface area contributed by atoms with Crippen molar-refractivity contribution >= 4 is 29.9 Å². The molecule has 0 saturated heterocycles. The molecule has 1 aliphatic rings. The van der Waals surface area contributed by atoms with E-state index in [4.69, 9.17) is 0 Å². The van der Waals surface area contributed by atoms with Gasteiger partial charge in [-0.15, -0.1) is 24.0 Å². The Balaban J connectivity index is 0.00000192. The minimum absolute atomic E-state index is 0. The van der Waals surface area contributed by atoms with Crippen LogP contribution in [-0.2, 0) is 6.54 Å². The highest BCUT2D eigenvalue weighted by Crippen LogP contribution is 2.27. The molecule has 23 heavy (non-hydrogen) atoms. The summed E-state index contributed by atoms with van der Waals surface area (Å²) in [6.07, 6.45) is 4.54. The average molecular weight is 425 g/mol. The smallest absolute Gasteiger partial charge is 0.191 e. The summed E-state index contributed by atoms with van der Waals surface area (Å²) in [5.74, 6) is 2.58. The van der Waals surface area contributed by atoms with Crippen molar-refractivity contribution in [3.63, 3.8) is 0 Å². The number of benzene rings is 1. The molecule has 0 atom stereocenters. The van der Waals surface area contributed by atoms with E-state index in [1.165, 1.54) is 12.8 Å². The Morgan fingerprint density at radius 2 is 2.04 bits per heavy atom. The van der Waals surface area contributed by atoms with Crippen molar-refractivity contribution < 1.29 is 0 Å². The first kappa shape index (κ1) is 17.8. The van der Waals surface area contributed by atoms with E-state index in [1.54, 1.807) is 0 Å². The summed E-state index contributed by atoms with van der Waals surface area (Å²) in [5, 5.41) is 6.66. The molecular formula is C17H24IN5. The quantitative estimate of drug-likeness (QED) is 0.379. The van der Waals surface area contributed by atoms with Gasteiger partial charge >= 0.3 is 0 Å². The monoisotopic (exact) mass is 425 g/mol. The third kappa shape index (κ3) is 5.53. The predicted octanol–water partition coefficient (Wildman–Crippen LogP) is 3.16. The summed E-state index contributed by atoms with van der Waals surface area (Å²) < 4.78 is 0. The number of aromatic amines is 1. The van der Waals surface area contributed by atoms with Crippen molar-refractivity contribution in [3.8, 4) is 11.3 Å². The lowest BCUT2D eigenvalue weighted by Gasteiger charge is -2.10. The van der Waals surface area contributed by atoms with Gasteiger partial charge in [-0.2, -0.15) is 0 Å². The average Bonchev–Trinajstić information content (AvgIpc) is 3.27. The Bertz CT molecular complexity index is 619. The van der Waals surface area contributed by atoms with Crippen molar-refractivity contribution in [2.75, 3.05) is 13.1 Å². The van der Waals surface area contributed by atoms with Crippen molar-refractivity contribution in [2.45, 2.75) is 26.3 Å². The molecule has 2 aromatic rings. The van der Waals surface area contributed by atoms with Crippen LogP contribution in [0.2, 0.25) is 0 Å². The maximum atomic E-state index is 4.59. The largest absolute Gasteiger partial charge is 0.357 e. The molecule has 6 heteroatoms. The van der Waals surface area contributed by atoms with Crippen molar-refractivity contribution in [1.82, 2.24) is 20.6 Å². The maximum absolute atomic E-state index is 4.59. The summed E-state index contributed by atoms with van der Waals surface area (Å²) in [5.41, 5.74) is 2.17. The first-order valence-corrected chi connectivity index (χ1v) is 7.96. The number of aromatic nitrogens is 2. The van der Waals surface area contributed by atoms with Gasteiger partial charge in [0.2, 0.25) is 0 Å². The molecule has 5 nitrogen and oxygen atoms in total. The normalized spacial score (nSPS) is 14.2. The molecule has 1 aromatic carbocycles. The van der Waals surface area contributed by atoms with E-state index in [0.717, 1.165) is 42.0 Å². The fourth-order valence-electron chi connectivity index (χ4n) is 2.27. The molecular weight excluding hydrogens is 401 g/mol. The standard InChI is InChI=1S/C17H23N5.HI/c1-2-18-17(20-10-13-8-9-13)21-12-16-19-11-15(22-16)14-6-4-3-5-7-14;/h3-7,11,13H,2,8-10,12H2,1H3,(H,19,22)(H2,18,20,21);1H. The van der Waals surface area contributed by atoms with E-state index < -0.39 is 0 Å². The zero-order valence-electron chi connectivity index (χ0n) is 13.4. The molecule has 0 aliphatic heterocycles. The lowest BCUT2D eigenvalue weighted by molar-refractivity contribution is 0.737. The first-order valence-electron chi connectivity index (χ1n) is 7.96. The number of H-pyrrole nitrogens is 1. The van der Waals surface area contributed by atoms with Crippen LogP contribution in [0.5, 0.6) is 0 Å². The van der Waals surface area contributed by atoms with Gasteiger partial charge in [0, 0.05) is 13.1 Å². The fourth-order valence-corrected chi connectivity index (χ4v) is 2.27. The Labute approximate surface area is 154 Å². The molecule has 0 radical (unpaired) electrons. The molecule has 1 aliphatic carbocycles. The molecule has 0 bridgehead atoms. The zero-order chi connectivity index (χ0) is 15.2. The number of guanidine groups is 1. The van der Waals surface area contributed by atoms with E-state index in [0.29, 0.717) is 6.54 Å². The maximum Gasteiger partial charge on any atom is 0.191 e. The second-order valence-corrected chi connectivity index (χ2v) is 5.63. The second-order valence-electron chi connectivity index (χ2n) is 5.63. The second kappa shape index (κ2) is 8.90. The minimum Gasteiger partial charge on any atom is -0.357 e. The molecule has 3 N–H and O–H groups in total. The minimum atomic E-state index is 0. The highest BCUT2D eigenvalue weighted by Gasteiger charge is 2.21. The lowest BCUT2D eigenvalue weighted by Crippen LogP contribution is -2.38. The third-order valence-corrected chi connectivity index (χ3v) is 3.70. The van der Waals surface area contributed by atoms with Gasteiger partial charge in [0.05, 0.1) is 11.9 Å². The van der Waals surface area contributed by atoms with Gasteiger partial charge in [-0.25, -0.2) is 9.98 Å². The highest BCUT2D eigenvalue weighted by atomic mass is 127. The fraction of sp³-hybridized carbons (Fsp3) is 0.412. The molecule has 0 amide bonds. The van der Waals surface area contributed by atoms with Gasteiger partial charge in [-0.05, 0) is 31.2 Å². The molecule has 1 heterocycles. The zero-order valence-corrected chi connectivity index (χ0v) is 15.7. The molecule has 1 fully saturated rings. The van der Waals surface area contributed by atoms with Gasteiger partial charge in [0.1, 0.15) is 12.4 Å². The Morgan fingerprint density at radius 3 is 2.74 bits per heavy atom. The summed E-state index contributed by atoms with van der Waals surface area (Å²) in [6, 6.07) is 10.2. The van der Waals surface area contributed by atoms with Gasteiger partial charge in [0.25, 0.3) is 0 Å². The predicted molar refractivity (Wildman–Crippen MR) is 105 cm³/mol. The number of hydrogen-bond donors (Lipinski definition) is 3. The molecule has 0 unspecified atom stereocenters. The number of imidazole rings is 1. The van der Waals surface area contributed by atoms with Gasteiger partial charge in [-0.3, -0.25) is 0 Å². The van der Waals surface area contributed by atoms with Gasteiger partial charge in [0.15, 0.2) is 5.96 Å². The number of halogens is 1. The summed E-state index contributed by atoms with van der Waals surface area (Å²) in [6.45, 7) is 4.50. The Kier molecular flexibility index (Phi) is 6.88. The SMILES string of the molecule is CCNC(=NCc1ncc(-c2ccccc2)[nH]1)NCC1CC1.I. The summed E-state index contributed by atoms with van der Waals surface area (Å²) in [4.78, 5) is 12.3. The van der Waals surface area contributed by atoms with Crippen LogP contribution in [0.25, 0.3) is 11.3 Å². The number of aliphatic imine (C=N–C) groups is 1. The van der Waals surface area contributed by atoms with Crippen LogP contribution in [0.4, 0.5) is 0 Å². The van der Waals surface area contributed by atoms with E-state index >= 15 is 0 Å². The summed E-state index contributed by atoms with van der Waals surface area (Å²) >= 11 is 0. The Morgan fingerprint density at radius 1 is 1.26 bits per heavy atom. The van der Waals surface area contributed by atoms with Gasteiger partial charge in [-0.1, -0.05) is 30.3 Å². The van der Waals surface area contributed by atoms with E-state index in [-0.39, 0.29) is 24.0 Å². The number of rotatable bonds is 6. The van der Waals surface area contributed by atoms with E-state index in [9.17, 15) is 0 Å². The van der Waals surface area contributed by atoms with Crippen molar-refractivity contribution in [3.05, 3.63) is 42.4 Å². The molecule has 1 saturated carbocycles. The molecule has 1 aromatic heterocycles. The first-order chi connectivity index (χ1) is 10.8. The molecule has 0 spiro atoms. The van der Waals surface area contributed by atoms with E-state index in [2.05, 4.69) is 44.7 Å². The topological polar surface area (TPSA) is 65.1 Å².